The normalized spacial score (nSPS) is 11.0. The molecule has 3 aromatic rings. The maximum Gasteiger partial charge on any atom is 0.233 e. The Bertz CT molecular complexity index is 839. The Hall–Kier alpha value is -2.06. The van der Waals surface area contributed by atoms with Gasteiger partial charge in [0.25, 0.3) is 0 Å². The zero-order chi connectivity index (χ0) is 17.8. The Kier molecular flexibility index (Phi) is 5.60. The van der Waals surface area contributed by atoms with E-state index in [4.69, 9.17) is 4.42 Å². The molecule has 0 unspecified atom stereocenters. The highest BCUT2D eigenvalue weighted by molar-refractivity contribution is 7.99. The molecule has 0 atom stereocenters. The Labute approximate surface area is 154 Å². The largest absolute Gasteiger partial charge is 0.461 e. The summed E-state index contributed by atoms with van der Waals surface area (Å²) in [5.41, 5.74) is 1.23. The summed E-state index contributed by atoms with van der Waals surface area (Å²) < 4.78 is 7.36. The second kappa shape index (κ2) is 7.88. The summed E-state index contributed by atoms with van der Waals surface area (Å²) in [6.45, 7) is 5.44. The lowest BCUT2D eigenvalue weighted by molar-refractivity contribution is -0.127. The fourth-order valence-electron chi connectivity index (χ4n) is 2.37. The van der Waals surface area contributed by atoms with Gasteiger partial charge in [-0.15, -0.1) is 21.5 Å². The number of furan rings is 1. The lowest BCUT2D eigenvalue weighted by atomic mass is 10.3. The van der Waals surface area contributed by atoms with Gasteiger partial charge in [0.2, 0.25) is 5.91 Å². The summed E-state index contributed by atoms with van der Waals surface area (Å²) in [6.07, 6.45) is 1.61. The highest BCUT2D eigenvalue weighted by atomic mass is 32.2. The third-order valence-electron chi connectivity index (χ3n) is 3.87. The van der Waals surface area contributed by atoms with Crippen LogP contribution in [0.1, 0.15) is 17.4 Å². The van der Waals surface area contributed by atoms with E-state index < -0.39 is 0 Å². The van der Waals surface area contributed by atoms with Crippen molar-refractivity contribution in [2.24, 2.45) is 0 Å². The Balaban J connectivity index is 1.63. The molecule has 0 radical (unpaired) electrons. The van der Waals surface area contributed by atoms with Gasteiger partial charge in [0.15, 0.2) is 16.7 Å². The molecule has 132 valence electrons. The van der Waals surface area contributed by atoms with E-state index in [1.54, 1.807) is 22.5 Å². The number of aromatic nitrogens is 3. The average molecular weight is 377 g/mol. The van der Waals surface area contributed by atoms with Crippen molar-refractivity contribution in [1.29, 1.82) is 0 Å². The second-order valence-electron chi connectivity index (χ2n) is 5.59. The van der Waals surface area contributed by atoms with Crippen molar-refractivity contribution in [3.8, 4) is 11.6 Å². The van der Waals surface area contributed by atoms with E-state index in [2.05, 4.69) is 28.6 Å². The van der Waals surface area contributed by atoms with Gasteiger partial charge in [-0.05, 0) is 43.0 Å². The Morgan fingerprint density at radius 2 is 2.24 bits per heavy atom. The molecule has 0 saturated carbocycles. The molecule has 0 aliphatic carbocycles. The van der Waals surface area contributed by atoms with Gasteiger partial charge < -0.3 is 9.32 Å². The van der Waals surface area contributed by atoms with Crippen molar-refractivity contribution in [2.45, 2.75) is 32.1 Å². The molecule has 3 heterocycles. The fourth-order valence-corrected chi connectivity index (χ4v) is 4.28. The number of carbonyl (C=O) groups excluding carboxylic acids is 1. The lowest BCUT2D eigenvalue weighted by Crippen LogP contribution is -2.27. The van der Waals surface area contributed by atoms with Gasteiger partial charge in [0, 0.05) is 18.5 Å². The zero-order valence-electron chi connectivity index (χ0n) is 14.4. The number of amides is 1. The summed E-state index contributed by atoms with van der Waals surface area (Å²) in [5.74, 6) is 1.77. The van der Waals surface area contributed by atoms with Gasteiger partial charge in [-0.1, -0.05) is 11.8 Å². The first-order valence-electron chi connectivity index (χ1n) is 7.97. The third-order valence-corrected chi connectivity index (χ3v) is 5.83. The number of thiophene rings is 1. The topological polar surface area (TPSA) is 64.2 Å². The van der Waals surface area contributed by atoms with Crippen molar-refractivity contribution in [3.05, 3.63) is 40.3 Å². The molecule has 0 aliphatic heterocycles. The fraction of sp³-hybridized carbons (Fsp3) is 0.353. The van der Waals surface area contributed by atoms with Crippen LogP contribution in [-0.4, -0.2) is 38.4 Å². The van der Waals surface area contributed by atoms with Crippen LogP contribution in [0.2, 0.25) is 0 Å². The van der Waals surface area contributed by atoms with Crippen LogP contribution in [0, 0.1) is 6.92 Å². The molecular weight excluding hydrogens is 356 g/mol. The van der Waals surface area contributed by atoms with Crippen molar-refractivity contribution in [3.63, 3.8) is 0 Å². The molecule has 0 N–H and O–H groups in total. The number of rotatable bonds is 7. The summed E-state index contributed by atoms with van der Waals surface area (Å²) in [6, 6.07) is 5.75. The minimum absolute atomic E-state index is 0.0722. The Morgan fingerprint density at radius 1 is 1.40 bits per heavy atom. The quantitative estimate of drug-likeness (QED) is 0.589. The standard InChI is InChI=1S/C17H20N4O2S2/c1-4-21-16(13-6-5-8-23-13)18-19-17(21)25-11-15(22)20(3)10-14-12(2)7-9-24-14/h5-9H,4,10-11H2,1-3H3. The van der Waals surface area contributed by atoms with Crippen LogP contribution in [0.5, 0.6) is 0 Å². The van der Waals surface area contributed by atoms with Gasteiger partial charge in [-0.2, -0.15) is 0 Å². The van der Waals surface area contributed by atoms with E-state index in [1.165, 1.54) is 22.2 Å². The minimum Gasteiger partial charge on any atom is -0.461 e. The zero-order valence-corrected chi connectivity index (χ0v) is 16.1. The summed E-state index contributed by atoms with van der Waals surface area (Å²) >= 11 is 3.08. The number of hydrogen-bond donors (Lipinski definition) is 0. The molecule has 3 aromatic heterocycles. The molecule has 0 spiro atoms. The number of thioether (sulfide) groups is 1. The molecule has 0 fully saturated rings. The van der Waals surface area contributed by atoms with Crippen LogP contribution >= 0.6 is 23.1 Å². The van der Waals surface area contributed by atoms with Crippen molar-refractivity contribution >= 4 is 29.0 Å². The Morgan fingerprint density at radius 3 is 2.88 bits per heavy atom. The lowest BCUT2D eigenvalue weighted by Gasteiger charge is -2.16. The maximum atomic E-state index is 12.4. The van der Waals surface area contributed by atoms with Gasteiger partial charge in [0.1, 0.15) is 0 Å². The highest BCUT2D eigenvalue weighted by Gasteiger charge is 2.18. The number of aryl methyl sites for hydroxylation is 1. The summed E-state index contributed by atoms with van der Waals surface area (Å²) in [4.78, 5) is 15.4. The molecule has 3 rings (SSSR count). The monoisotopic (exact) mass is 376 g/mol. The molecule has 0 bridgehead atoms. The second-order valence-corrected chi connectivity index (χ2v) is 7.54. The molecule has 25 heavy (non-hydrogen) atoms. The van der Waals surface area contributed by atoms with E-state index in [1.807, 2.05) is 30.7 Å². The summed E-state index contributed by atoms with van der Waals surface area (Å²) in [7, 11) is 1.83. The van der Waals surface area contributed by atoms with Crippen LogP contribution < -0.4 is 0 Å². The first-order chi connectivity index (χ1) is 12.1. The predicted molar refractivity (Wildman–Crippen MR) is 99.7 cm³/mol. The molecule has 0 saturated heterocycles. The van der Waals surface area contributed by atoms with Crippen LogP contribution in [0.4, 0.5) is 0 Å². The highest BCUT2D eigenvalue weighted by Crippen LogP contribution is 2.24. The SMILES string of the molecule is CCn1c(SCC(=O)N(C)Cc2sccc2C)nnc1-c1ccco1. The van der Waals surface area contributed by atoms with Crippen LogP contribution in [-0.2, 0) is 17.9 Å². The predicted octanol–water partition coefficient (Wildman–Crippen LogP) is 3.68. The molecule has 1 amide bonds. The van der Waals surface area contributed by atoms with Crippen molar-refractivity contribution in [2.75, 3.05) is 12.8 Å². The van der Waals surface area contributed by atoms with Gasteiger partial charge in [-0.25, -0.2) is 0 Å². The average Bonchev–Trinajstić information content (AvgIpc) is 3.33. The molecule has 0 aromatic carbocycles. The van der Waals surface area contributed by atoms with Crippen LogP contribution in [0.15, 0.2) is 39.4 Å². The van der Waals surface area contributed by atoms with Crippen LogP contribution in [0.3, 0.4) is 0 Å². The number of hydrogen-bond acceptors (Lipinski definition) is 6. The third kappa shape index (κ3) is 3.96. The van der Waals surface area contributed by atoms with E-state index in [0.29, 0.717) is 30.4 Å². The van der Waals surface area contributed by atoms with E-state index in [-0.39, 0.29) is 5.91 Å². The van der Waals surface area contributed by atoms with Gasteiger partial charge in [-0.3, -0.25) is 9.36 Å². The van der Waals surface area contributed by atoms with E-state index in [9.17, 15) is 4.79 Å². The van der Waals surface area contributed by atoms with Crippen molar-refractivity contribution in [1.82, 2.24) is 19.7 Å². The van der Waals surface area contributed by atoms with E-state index >= 15 is 0 Å². The van der Waals surface area contributed by atoms with Crippen molar-refractivity contribution < 1.29 is 9.21 Å². The van der Waals surface area contributed by atoms with Crippen LogP contribution in [0.25, 0.3) is 11.6 Å². The molecule has 0 aliphatic rings. The number of carbonyl (C=O) groups is 1. The number of nitrogens with zero attached hydrogens (tertiary/aromatic N) is 4. The molecular formula is C17H20N4O2S2. The summed E-state index contributed by atoms with van der Waals surface area (Å²) in [5, 5.41) is 11.2. The van der Waals surface area contributed by atoms with Gasteiger partial charge in [0.05, 0.1) is 18.6 Å². The smallest absolute Gasteiger partial charge is 0.233 e. The first kappa shape index (κ1) is 17.8. The first-order valence-corrected chi connectivity index (χ1v) is 9.83. The van der Waals surface area contributed by atoms with Gasteiger partial charge >= 0.3 is 0 Å². The minimum atomic E-state index is 0.0722. The molecule has 6 nitrogen and oxygen atoms in total. The molecule has 8 heteroatoms. The van der Waals surface area contributed by atoms with E-state index in [0.717, 1.165) is 5.16 Å². The maximum absolute atomic E-state index is 12.4.